The van der Waals surface area contributed by atoms with E-state index in [4.69, 9.17) is 5.73 Å². The van der Waals surface area contributed by atoms with Crippen molar-refractivity contribution < 1.29 is 9.18 Å². The van der Waals surface area contributed by atoms with E-state index in [-0.39, 0.29) is 29.7 Å². The number of hydrogen-bond acceptors (Lipinski definition) is 2. The number of amides is 1. The first kappa shape index (κ1) is 14.0. The second-order valence-electron chi connectivity index (χ2n) is 5.42. The number of carbonyl (C=O) groups is 1. The fraction of sp³-hybridized carbons (Fsp3) is 0.533. The molecule has 1 aromatic rings. The number of halogens is 1. The smallest absolute Gasteiger partial charge is 0.225 e. The highest BCUT2D eigenvalue weighted by Gasteiger charge is 2.31. The van der Waals surface area contributed by atoms with E-state index in [0.717, 1.165) is 19.3 Å². The van der Waals surface area contributed by atoms with Gasteiger partial charge in [-0.15, -0.1) is 0 Å². The molecule has 2 rings (SSSR count). The molecule has 1 aromatic carbocycles. The number of benzene rings is 1. The van der Waals surface area contributed by atoms with Crippen molar-refractivity contribution in [1.29, 1.82) is 0 Å². The summed E-state index contributed by atoms with van der Waals surface area (Å²) in [6.07, 6.45) is 2.49. The van der Waals surface area contributed by atoms with Crippen LogP contribution in [0.25, 0.3) is 0 Å². The average molecular weight is 264 g/mol. The molecule has 0 heterocycles. The summed E-state index contributed by atoms with van der Waals surface area (Å²) >= 11 is 0. The summed E-state index contributed by atoms with van der Waals surface area (Å²) in [5, 5.41) is 0. The molecule has 1 saturated carbocycles. The first-order valence-corrected chi connectivity index (χ1v) is 6.77. The molecule has 1 fully saturated rings. The highest BCUT2D eigenvalue weighted by atomic mass is 19.1. The van der Waals surface area contributed by atoms with E-state index in [9.17, 15) is 9.18 Å². The molecule has 0 aromatic heterocycles. The summed E-state index contributed by atoms with van der Waals surface area (Å²) in [4.78, 5) is 14.0. The number of nitrogens with zero attached hydrogens (tertiary/aromatic N) is 1. The Labute approximate surface area is 113 Å². The van der Waals surface area contributed by atoms with Crippen LogP contribution in [0.2, 0.25) is 0 Å². The fourth-order valence-corrected chi connectivity index (χ4v) is 2.74. The van der Waals surface area contributed by atoms with E-state index in [1.807, 2.05) is 6.92 Å². The van der Waals surface area contributed by atoms with Crippen molar-refractivity contribution in [3.8, 4) is 0 Å². The third kappa shape index (κ3) is 2.95. The molecule has 4 heteroatoms. The molecule has 1 amide bonds. The van der Waals surface area contributed by atoms with Gasteiger partial charge in [-0.2, -0.15) is 0 Å². The van der Waals surface area contributed by atoms with Gasteiger partial charge in [-0.1, -0.05) is 18.2 Å². The maximum Gasteiger partial charge on any atom is 0.225 e. The van der Waals surface area contributed by atoms with E-state index in [1.54, 1.807) is 30.1 Å². The lowest BCUT2D eigenvalue weighted by atomic mass is 10.0. The predicted octanol–water partition coefficient (Wildman–Crippen LogP) is 2.47. The third-order valence-electron chi connectivity index (χ3n) is 4.11. The zero-order valence-corrected chi connectivity index (χ0v) is 11.5. The Morgan fingerprint density at radius 2 is 2.11 bits per heavy atom. The van der Waals surface area contributed by atoms with Gasteiger partial charge in [0.1, 0.15) is 5.82 Å². The fourth-order valence-electron chi connectivity index (χ4n) is 2.74. The quantitative estimate of drug-likeness (QED) is 0.911. The summed E-state index contributed by atoms with van der Waals surface area (Å²) in [6.45, 7) is 1.85. The van der Waals surface area contributed by atoms with Gasteiger partial charge in [-0.3, -0.25) is 4.79 Å². The number of carbonyl (C=O) groups excluding carboxylic acids is 1. The molecule has 3 nitrogen and oxygen atoms in total. The molecule has 0 radical (unpaired) electrons. The first-order valence-electron chi connectivity index (χ1n) is 6.77. The van der Waals surface area contributed by atoms with Crippen molar-refractivity contribution in [2.24, 2.45) is 11.7 Å². The van der Waals surface area contributed by atoms with Crippen molar-refractivity contribution in [3.63, 3.8) is 0 Å². The van der Waals surface area contributed by atoms with Gasteiger partial charge in [0.15, 0.2) is 0 Å². The van der Waals surface area contributed by atoms with Crippen LogP contribution in [0.3, 0.4) is 0 Å². The highest BCUT2D eigenvalue weighted by Crippen LogP contribution is 2.29. The molecular formula is C15H21FN2O. The molecule has 0 saturated heterocycles. The molecule has 1 aliphatic rings. The lowest BCUT2D eigenvalue weighted by molar-refractivity contribution is -0.136. The van der Waals surface area contributed by atoms with Crippen molar-refractivity contribution in [2.75, 3.05) is 7.05 Å². The molecule has 2 N–H and O–H groups in total. The van der Waals surface area contributed by atoms with Crippen LogP contribution in [0.4, 0.5) is 4.39 Å². The largest absolute Gasteiger partial charge is 0.339 e. The summed E-state index contributed by atoms with van der Waals surface area (Å²) in [7, 11) is 1.74. The van der Waals surface area contributed by atoms with E-state index in [0.29, 0.717) is 5.56 Å². The monoisotopic (exact) mass is 264 g/mol. The lowest BCUT2D eigenvalue weighted by Crippen LogP contribution is -2.35. The van der Waals surface area contributed by atoms with Gasteiger partial charge in [-0.25, -0.2) is 4.39 Å². The first-order chi connectivity index (χ1) is 9.00. The third-order valence-corrected chi connectivity index (χ3v) is 4.11. The van der Waals surface area contributed by atoms with E-state index in [2.05, 4.69) is 0 Å². The van der Waals surface area contributed by atoms with Gasteiger partial charge in [0.25, 0.3) is 0 Å². The molecule has 0 spiro atoms. The minimum Gasteiger partial charge on any atom is -0.339 e. The van der Waals surface area contributed by atoms with Gasteiger partial charge in [0, 0.05) is 24.6 Å². The minimum atomic E-state index is -0.266. The van der Waals surface area contributed by atoms with Crippen LogP contribution in [0.15, 0.2) is 24.3 Å². The van der Waals surface area contributed by atoms with Gasteiger partial charge in [-0.05, 0) is 32.3 Å². The second-order valence-corrected chi connectivity index (χ2v) is 5.42. The Kier molecular flexibility index (Phi) is 4.20. The van der Waals surface area contributed by atoms with Gasteiger partial charge in [0.05, 0.1) is 6.04 Å². The van der Waals surface area contributed by atoms with Crippen molar-refractivity contribution in [1.82, 2.24) is 4.90 Å². The van der Waals surface area contributed by atoms with Crippen LogP contribution < -0.4 is 5.73 Å². The van der Waals surface area contributed by atoms with Gasteiger partial charge >= 0.3 is 0 Å². The molecule has 1 aliphatic carbocycles. The van der Waals surface area contributed by atoms with Crippen LogP contribution in [-0.4, -0.2) is 23.9 Å². The van der Waals surface area contributed by atoms with Crippen LogP contribution in [-0.2, 0) is 4.79 Å². The Morgan fingerprint density at radius 3 is 2.68 bits per heavy atom. The normalized spacial score (nSPS) is 24.2. The van der Waals surface area contributed by atoms with Crippen LogP contribution in [0.5, 0.6) is 0 Å². The Balaban J connectivity index is 2.09. The SMILES string of the molecule is C[C@H](c1ccccc1F)N(C)C(=O)[C@@H]1CC[C@@H](N)C1. The molecule has 19 heavy (non-hydrogen) atoms. The number of rotatable bonds is 3. The topological polar surface area (TPSA) is 46.3 Å². The number of nitrogens with two attached hydrogens (primary N) is 1. The summed E-state index contributed by atoms with van der Waals surface area (Å²) < 4.78 is 13.7. The Hall–Kier alpha value is -1.42. The molecule has 0 aliphatic heterocycles. The summed E-state index contributed by atoms with van der Waals surface area (Å²) in [5.74, 6) is -0.198. The maximum absolute atomic E-state index is 13.7. The lowest BCUT2D eigenvalue weighted by Gasteiger charge is -2.28. The van der Waals surface area contributed by atoms with Crippen LogP contribution in [0, 0.1) is 11.7 Å². The minimum absolute atomic E-state index is 0.00535. The van der Waals surface area contributed by atoms with Gasteiger partial charge in [0.2, 0.25) is 5.91 Å². The highest BCUT2D eigenvalue weighted by molar-refractivity contribution is 5.79. The molecule has 0 bridgehead atoms. The summed E-state index contributed by atoms with van der Waals surface area (Å²) in [6, 6.07) is 6.47. The van der Waals surface area contributed by atoms with E-state index < -0.39 is 0 Å². The summed E-state index contributed by atoms with van der Waals surface area (Å²) in [5.41, 5.74) is 6.40. The zero-order chi connectivity index (χ0) is 14.0. The molecule has 3 atom stereocenters. The molecule has 0 unspecified atom stereocenters. The van der Waals surface area contributed by atoms with Crippen LogP contribution in [0.1, 0.15) is 37.8 Å². The van der Waals surface area contributed by atoms with Crippen LogP contribution >= 0.6 is 0 Å². The molecular weight excluding hydrogens is 243 g/mol. The van der Waals surface area contributed by atoms with Crippen molar-refractivity contribution >= 4 is 5.91 Å². The second kappa shape index (κ2) is 5.70. The zero-order valence-electron chi connectivity index (χ0n) is 11.5. The maximum atomic E-state index is 13.7. The standard InChI is InChI=1S/C15H21FN2O/c1-10(13-5-3-4-6-14(13)16)18(2)15(19)11-7-8-12(17)9-11/h3-6,10-12H,7-9,17H2,1-2H3/t10-,11-,12-/m1/s1. The average Bonchev–Trinajstić information content (AvgIpc) is 2.83. The predicted molar refractivity (Wildman–Crippen MR) is 72.9 cm³/mol. The molecule has 104 valence electrons. The van der Waals surface area contributed by atoms with Gasteiger partial charge < -0.3 is 10.6 Å². The Bertz CT molecular complexity index is 463. The number of hydrogen-bond donors (Lipinski definition) is 1. The van der Waals surface area contributed by atoms with E-state index in [1.165, 1.54) is 6.07 Å². The van der Waals surface area contributed by atoms with Crippen molar-refractivity contribution in [3.05, 3.63) is 35.6 Å². The van der Waals surface area contributed by atoms with E-state index >= 15 is 0 Å². The Morgan fingerprint density at radius 1 is 1.42 bits per heavy atom. The van der Waals surface area contributed by atoms with Crippen molar-refractivity contribution in [2.45, 2.75) is 38.3 Å².